The molecule has 0 aliphatic carbocycles. The van der Waals surface area contributed by atoms with Crippen LogP contribution in [0.3, 0.4) is 0 Å². The van der Waals surface area contributed by atoms with E-state index in [0.717, 1.165) is 38.1 Å². The van der Waals surface area contributed by atoms with E-state index >= 15 is 0 Å². The van der Waals surface area contributed by atoms with Crippen molar-refractivity contribution in [2.75, 3.05) is 19.6 Å². The minimum atomic E-state index is -3.71. The van der Waals surface area contributed by atoms with Crippen molar-refractivity contribution < 1.29 is 12.8 Å². The maximum atomic E-state index is 13.3. The zero-order chi connectivity index (χ0) is 15.6. The normalized spacial score (nSPS) is 20.7. The van der Waals surface area contributed by atoms with Gasteiger partial charge >= 0.3 is 0 Å². The lowest BCUT2D eigenvalue weighted by molar-refractivity contribution is 0.211. The fraction of sp³-hybridized carbons (Fsp3) is 0.538. The number of likely N-dealkylation sites (N-methyl/N-ethyl adjacent to an activating group) is 1. The first-order chi connectivity index (χ1) is 9.83. The molecule has 2 rings (SSSR count). The lowest BCUT2D eigenvalue weighted by atomic mass is 10.1. The third-order valence-electron chi connectivity index (χ3n) is 3.51. The van der Waals surface area contributed by atoms with E-state index in [-0.39, 0.29) is 19.9 Å². The molecule has 118 valence electrons. The highest BCUT2D eigenvalue weighted by molar-refractivity contribution is 9.11. The summed E-state index contributed by atoms with van der Waals surface area (Å²) in [6.07, 6.45) is 1.78. The Labute approximate surface area is 141 Å². The van der Waals surface area contributed by atoms with E-state index in [2.05, 4.69) is 48.4 Å². The second kappa shape index (κ2) is 7.04. The van der Waals surface area contributed by atoms with Crippen molar-refractivity contribution >= 4 is 41.9 Å². The fourth-order valence-electron chi connectivity index (χ4n) is 2.50. The second-order valence-corrected chi connectivity index (χ2v) is 8.41. The van der Waals surface area contributed by atoms with E-state index in [9.17, 15) is 12.8 Å². The third-order valence-corrected chi connectivity index (χ3v) is 6.90. The summed E-state index contributed by atoms with van der Waals surface area (Å²) >= 11 is 6.25. The topological polar surface area (TPSA) is 49.4 Å². The molecule has 8 heteroatoms. The number of likely N-dealkylation sites (tertiary alicyclic amines) is 1. The van der Waals surface area contributed by atoms with Gasteiger partial charge < -0.3 is 4.90 Å². The molecule has 0 spiro atoms. The van der Waals surface area contributed by atoms with Crippen LogP contribution in [0.1, 0.15) is 19.8 Å². The number of hydrogen-bond acceptors (Lipinski definition) is 3. The van der Waals surface area contributed by atoms with Crippen LogP contribution >= 0.6 is 31.9 Å². The summed E-state index contributed by atoms with van der Waals surface area (Å²) in [5.74, 6) is -0.498. The van der Waals surface area contributed by atoms with Gasteiger partial charge in [-0.05, 0) is 69.9 Å². The third kappa shape index (κ3) is 4.25. The molecule has 1 N–H and O–H groups in total. The highest BCUT2D eigenvalue weighted by Crippen LogP contribution is 2.31. The van der Waals surface area contributed by atoms with Crippen LogP contribution in [0.5, 0.6) is 0 Å². The summed E-state index contributed by atoms with van der Waals surface area (Å²) in [5.41, 5.74) is 0. The van der Waals surface area contributed by atoms with Gasteiger partial charge in [-0.1, -0.05) is 6.92 Å². The molecule has 0 bridgehead atoms. The lowest BCUT2D eigenvalue weighted by Gasteiger charge is -2.32. The van der Waals surface area contributed by atoms with Gasteiger partial charge in [0, 0.05) is 21.5 Å². The first kappa shape index (κ1) is 17.3. The van der Waals surface area contributed by atoms with Crippen molar-refractivity contribution in [2.45, 2.75) is 30.7 Å². The molecule has 1 atom stereocenters. The summed E-state index contributed by atoms with van der Waals surface area (Å²) in [7, 11) is -3.71. The van der Waals surface area contributed by atoms with Gasteiger partial charge in [0.05, 0.1) is 0 Å². The van der Waals surface area contributed by atoms with Crippen molar-refractivity contribution in [3.63, 3.8) is 0 Å². The molecule has 21 heavy (non-hydrogen) atoms. The summed E-state index contributed by atoms with van der Waals surface area (Å²) in [4.78, 5) is 2.25. The van der Waals surface area contributed by atoms with Crippen molar-refractivity contribution in [2.24, 2.45) is 0 Å². The van der Waals surface area contributed by atoms with Gasteiger partial charge in [-0.2, -0.15) is 0 Å². The minimum Gasteiger partial charge on any atom is -0.302 e. The van der Waals surface area contributed by atoms with Gasteiger partial charge in [0.25, 0.3) is 0 Å². The van der Waals surface area contributed by atoms with Crippen molar-refractivity contribution in [3.8, 4) is 0 Å². The molecule has 0 saturated carbocycles. The molecule has 0 aromatic heterocycles. The number of rotatable bonds is 4. The van der Waals surface area contributed by atoms with Crippen LogP contribution < -0.4 is 4.72 Å². The average Bonchev–Trinajstić information content (AvgIpc) is 2.36. The predicted octanol–water partition coefficient (Wildman–Crippen LogP) is 3.11. The number of sulfonamides is 1. The number of halogens is 3. The fourth-order valence-corrected chi connectivity index (χ4v) is 6.29. The highest BCUT2D eigenvalue weighted by Gasteiger charge is 2.28. The number of hydrogen-bond donors (Lipinski definition) is 1. The Bertz CT molecular complexity index is 602. The van der Waals surface area contributed by atoms with Crippen molar-refractivity contribution in [3.05, 3.63) is 26.9 Å². The maximum Gasteiger partial charge on any atom is 0.243 e. The summed E-state index contributed by atoms with van der Waals surface area (Å²) in [5, 5.41) is 0. The molecule has 0 amide bonds. The quantitative estimate of drug-likeness (QED) is 0.777. The van der Waals surface area contributed by atoms with E-state index in [1.54, 1.807) is 0 Å². The molecule has 0 radical (unpaired) electrons. The van der Waals surface area contributed by atoms with Crippen LogP contribution in [-0.2, 0) is 10.0 Å². The Kier molecular flexibility index (Phi) is 5.81. The standard InChI is InChI=1S/C13H17Br2FN2O2S/c1-2-18-5-3-4-10(8-18)17-21(19,20)13-11(14)6-9(16)7-12(13)15/h6-7,10,17H,2-5,8H2,1H3. The van der Waals surface area contributed by atoms with E-state index in [0.29, 0.717) is 6.54 Å². The van der Waals surface area contributed by atoms with Crippen LogP contribution in [0.25, 0.3) is 0 Å². The van der Waals surface area contributed by atoms with Crippen LogP contribution in [0.4, 0.5) is 4.39 Å². The Morgan fingerprint density at radius 3 is 2.57 bits per heavy atom. The molecular formula is C13H17Br2FN2O2S. The van der Waals surface area contributed by atoms with Crippen LogP contribution in [0.2, 0.25) is 0 Å². The lowest BCUT2D eigenvalue weighted by Crippen LogP contribution is -2.47. The molecule has 1 saturated heterocycles. The van der Waals surface area contributed by atoms with Gasteiger partial charge in [-0.3, -0.25) is 0 Å². The van der Waals surface area contributed by atoms with Crippen molar-refractivity contribution in [1.82, 2.24) is 9.62 Å². The first-order valence-corrected chi connectivity index (χ1v) is 9.79. The number of piperidine rings is 1. The summed E-state index contributed by atoms with van der Waals surface area (Å²) in [6, 6.07) is 2.18. The molecule has 1 heterocycles. The SMILES string of the molecule is CCN1CCCC(NS(=O)(=O)c2c(Br)cc(F)cc2Br)C1. The molecule has 1 aliphatic rings. The molecule has 4 nitrogen and oxygen atoms in total. The molecule has 1 aliphatic heterocycles. The molecule has 1 unspecified atom stereocenters. The average molecular weight is 444 g/mol. The molecule has 1 fully saturated rings. The van der Waals surface area contributed by atoms with Gasteiger partial charge in [-0.15, -0.1) is 0 Å². The summed E-state index contributed by atoms with van der Waals surface area (Å²) < 4.78 is 41.5. The van der Waals surface area contributed by atoms with Gasteiger partial charge in [0.1, 0.15) is 10.7 Å². The van der Waals surface area contributed by atoms with Crippen LogP contribution in [0.15, 0.2) is 26.0 Å². The zero-order valence-corrected chi connectivity index (χ0v) is 15.6. The smallest absolute Gasteiger partial charge is 0.243 e. The summed E-state index contributed by atoms with van der Waals surface area (Å²) in [6.45, 7) is 4.66. The molecule has 1 aromatic rings. The largest absolute Gasteiger partial charge is 0.302 e. The van der Waals surface area contributed by atoms with Gasteiger partial charge in [-0.25, -0.2) is 17.5 Å². The van der Waals surface area contributed by atoms with Gasteiger partial charge in [0.2, 0.25) is 10.0 Å². The van der Waals surface area contributed by atoms with Crippen LogP contribution in [-0.4, -0.2) is 39.0 Å². The van der Waals surface area contributed by atoms with E-state index in [1.807, 2.05) is 0 Å². The predicted molar refractivity (Wildman–Crippen MR) is 87.3 cm³/mol. The highest BCUT2D eigenvalue weighted by atomic mass is 79.9. The monoisotopic (exact) mass is 442 g/mol. The zero-order valence-electron chi connectivity index (χ0n) is 11.6. The first-order valence-electron chi connectivity index (χ1n) is 6.72. The number of nitrogens with zero attached hydrogens (tertiary/aromatic N) is 1. The second-order valence-electron chi connectivity index (χ2n) is 5.05. The Hall–Kier alpha value is -0.0200. The number of nitrogens with one attached hydrogen (secondary N) is 1. The Balaban J connectivity index is 2.23. The Morgan fingerprint density at radius 1 is 1.38 bits per heavy atom. The number of benzene rings is 1. The minimum absolute atomic E-state index is 0.0394. The van der Waals surface area contributed by atoms with E-state index in [4.69, 9.17) is 0 Å². The molecule has 1 aromatic carbocycles. The van der Waals surface area contributed by atoms with Crippen molar-refractivity contribution in [1.29, 1.82) is 0 Å². The van der Waals surface area contributed by atoms with Crippen LogP contribution in [0, 0.1) is 5.82 Å². The van der Waals surface area contributed by atoms with E-state index in [1.165, 1.54) is 0 Å². The van der Waals surface area contributed by atoms with E-state index < -0.39 is 15.8 Å². The maximum absolute atomic E-state index is 13.3. The molecular weight excluding hydrogens is 427 g/mol. The Morgan fingerprint density at radius 2 is 2.00 bits per heavy atom. The van der Waals surface area contributed by atoms with Gasteiger partial charge in [0.15, 0.2) is 0 Å².